The number of hydrogen-bond acceptors (Lipinski definition) is 7. The normalized spacial score (nSPS) is 36.9. The van der Waals surface area contributed by atoms with Crippen molar-refractivity contribution in [3.05, 3.63) is 58.1 Å². The second-order valence-corrected chi connectivity index (χ2v) is 18.7. The second kappa shape index (κ2) is 14.0. The van der Waals surface area contributed by atoms with E-state index in [2.05, 4.69) is 53.5 Å². The van der Waals surface area contributed by atoms with Gasteiger partial charge in [0.25, 0.3) is 5.91 Å². The maximum absolute atomic E-state index is 13.9. The third kappa shape index (κ3) is 6.99. The monoisotopic (exact) mass is 711 g/mol. The summed E-state index contributed by atoms with van der Waals surface area (Å²) in [4.78, 5) is 18.4. The number of aryl methyl sites for hydroxylation is 1. The highest BCUT2D eigenvalue weighted by atomic mass is 35.5. The summed E-state index contributed by atoms with van der Waals surface area (Å²) in [6, 6.07) is 12.3. The first-order chi connectivity index (χ1) is 23.4. The van der Waals surface area contributed by atoms with Crippen LogP contribution in [0.3, 0.4) is 0 Å². The quantitative estimate of drug-likeness (QED) is 0.365. The van der Waals surface area contributed by atoms with Gasteiger partial charge in [0.05, 0.1) is 41.3 Å². The Morgan fingerprint density at radius 2 is 1.82 bits per heavy atom. The zero-order valence-electron chi connectivity index (χ0n) is 29.6. The maximum Gasteiger partial charge on any atom is 0.262 e. The van der Waals surface area contributed by atoms with Crippen molar-refractivity contribution >= 4 is 38.8 Å². The van der Waals surface area contributed by atoms with Crippen LogP contribution in [0.4, 0.5) is 5.69 Å². The fraction of sp³-hybridized carbons (Fsp3) is 0.641. The number of carbonyl (C=O) groups excluding carboxylic acids is 1. The summed E-state index contributed by atoms with van der Waals surface area (Å²) in [5.41, 5.74) is 3.83. The molecule has 1 saturated heterocycles. The SMILES string of the molecule is C=S1(=O)NC(=O)c2ccc3c(c2)N(C[C@@H]2CC[C@H]2[C@H](C2OCC(N(C)C)CO2)CCC[C@H](C)[C@H]1C)C[C@@]1(CCCc2cc(Cl)ccc21)CO3. The number of rotatable bonds is 2. The molecule has 8 nitrogen and oxygen atoms in total. The molecule has 2 bridgehead atoms. The minimum absolute atomic E-state index is 0.128. The second-order valence-electron chi connectivity index (χ2n) is 15.9. The lowest BCUT2D eigenvalue weighted by molar-refractivity contribution is -0.240. The molecule has 268 valence electrons. The number of anilines is 1. The van der Waals surface area contributed by atoms with Gasteiger partial charge in [-0.05, 0) is 131 Å². The van der Waals surface area contributed by atoms with Crippen LogP contribution in [0.15, 0.2) is 36.4 Å². The molecule has 1 saturated carbocycles. The van der Waals surface area contributed by atoms with Crippen molar-refractivity contribution < 1.29 is 23.2 Å². The topological polar surface area (TPSA) is 80.3 Å². The van der Waals surface area contributed by atoms with Crippen LogP contribution in [-0.4, -0.2) is 85.5 Å². The number of benzene rings is 2. The van der Waals surface area contributed by atoms with E-state index in [-0.39, 0.29) is 40.7 Å². The molecule has 49 heavy (non-hydrogen) atoms. The van der Waals surface area contributed by atoms with E-state index in [0.29, 0.717) is 37.2 Å². The predicted molar refractivity (Wildman–Crippen MR) is 198 cm³/mol. The number of ether oxygens (including phenoxy) is 3. The molecule has 3 aliphatic heterocycles. The molecule has 7 atom stereocenters. The van der Waals surface area contributed by atoms with E-state index in [1.54, 1.807) is 6.07 Å². The lowest BCUT2D eigenvalue weighted by atomic mass is 9.64. The molecule has 1 spiro atoms. The van der Waals surface area contributed by atoms with Gasteiger partial charge in [0.1, 0.15) is 5.75 Å². The molecular formula is C39H54ClN3O5S. The van der Waals surface area contributed by atoms with Gasteiger partial charge in [0, 0.05) is 40.3 Å². The van der Waals surface area contributed by atoms with Gasteiger partial charge < -0.3 is 24.0 Å². The summed E-state index contributed by atoms with van der Waals surface area (Å²) >= 11 is 6.49. The van der Waals surface area contributed by atoms with Gasteiger partial charge in [-0.2, -0.15) is 0 Å². The summed E-state index contributed by atoms with van der Waals surface area (Å²) in [7, 11) is 1.26. The van der Waals surface area contributed by atoms with E-state index in [4.69, 9.17) is 25.8 Å². The molecule has 0 aromatic heterocycles. The zero-order chi connectivity index (χ0) is 34.5. The molecule has 10 heteroatoms. The van der Waals surface area contributed by atoms with E-state index in [0.717, 1.165) is 80.9 Å². The Hall–Kier alpha value is -2.30. The number of fused-ring (bicyclic) bond motifs is 4. The molecule has 2 aliphatic carbocycles. The van der Waals surface area contributed by atoms with Crippen LogP contribution in [-0.2, 0) is 31.0 Å². The lowest BCUT2D eigenvalue weighted by Gasteiger charge is -2.49. The Morgan fingerprint density at radius 1 is 1.02 bits per heavy atom. The Balaban J connectivity index is 1.26. The van der Waals surface area contributed by atoms with Crippen molar-refractivity contribution in [2.75, 3.05) is 51.9 Å². The minimum Gasteiger partial charge on any atom is -0.490 e. The number of amides is 1. The first kappa shape index (κ1) is 35.1. The number of hydrogen-bond donors (Lipinski definition) is 1. The van der Waals surface area contributed by atoms with Crippen molar-refractivity contribution in [2.24, 2.45) is 23.7 Å². The molecule has 7 rings (SSSR count). The smallest absolute Gasteiger partial charge is 0.262 e. The van der Waals surface area contributed by atoms with Crippen LogP contribution in [0.5, 0.6) is 5.75 Å². The van der Waals surface area contributed by atoms with E-state index in [9.17, 15) is 9.00 Å². The Bertz CT molecular complexity index is 1640. The molecule has 0 radical (unpaired) electrons. The van der Waals surface area contributed by atoms with Crippen LogP contribution in [0.2, 0.25) is 5.02 Å². The van der Waals surface area contributed by atoms with E-state index in [1.165, 1.54) is 11.1 Å². The molecule has 2 fully saturated rings. The fourth-order valence-corrected chi connectivity index (χ4v) is 10.8. The molecular weight excluding hydrogens is 658 g/mol. The number of likely N-dealkylation sites (N-methyl/N-ethyl adjacent to an activating group) is 1. The molecule has 2 aromatic carbocycles. The van der Waals surface area contributed by atoms with Crippen LogP contribution in [0.25, 0.3) is 0 Å². The minimum atomic E-state index is -2.90. The van der Waals surface area contributed by atoms with Crippen LogP contribution in [0, 0.1) is 23.7 Å². The van der Waals surface area contributed by atoms with Crippen molar-refractivity contribution in [1.29, 1.82) is 0 Å². The summed E-state index contributed by atoms with van der Waals surface area (Å²) < 4.78 is 36.5. The van der Waals surface area contributed by atoms with Gasteiger partial charge in [-0.15, -0.1) is 0 Å². The first-order valence-corrected chi connectivity index (χ1v) is 20.5. The van der Waals surface area contributed by atoms with Crippen molar-refractivity contribution in [3.8, 4) is 5.75 Å². The van der Waals surface area contributed by atoms with Crippen LogP contribution in [0.1, 0.15) is 80.3 Å². The van der Waals surface area contributed by atoms with Gasteiger partial charge in [0.2, 0.25) is 0 Å². The third-order valence-electron chi connectivity index (χ3n) is 12.6. The Kier molecular flexibility index (Phi) is 10.0. The third-order valence-corrected chi connectivity index (χ3v) is 15.1. The molecule has 1 amide bonds. The first-order valence-electron chi connectivity index (χ1n) is 18.3. The highest BCUT2D eigenvalue weighted by molar-refractivity contribution is 7.99. The van der Waals surface area contributed by atoms with Gasteiger partial charge in [-0.3, -0.25) is 9.52 Å². The zero-order valence-corrected chi connectivity index (χ0v) is 31.2. The van der Waals surface area contributed by atoms with E-state index in [1.807, 2.05) is 25.1 Å². The summed E-state index contributed by atoms with van der Waals surface area (Å²) in [5, 5.41) is 0.495. The van der Waals surface area contributed by atoms with E-state index < -0.39 is 9.71 Å². The average Bonchev–Trinajstić information content (AvgIpc) is 3.21. The van der Waals surface area contributed by atoms with Gasteiger partial charge in [-0.25, -0.2) is 4.21 Å². The Labute approximate surface area is 298 Å². The van der Waals surface area contributed by atoms with Crippen molar-refractivity contribution in [1.82, 2.24) is 9.62 Å². The molecule has 2 aromatic rings. The summed E-state index contributed by atoms with van der Waals surface area (Å²) in [6.07, 6.45) is 8.05. The van der Waals surface area contributed by atoms with Crippen LogP contribution >= 0.6 is 11.6 Å². The van der Waals surface area contributed by atoms with E-state index >= 15 is 0 Å². The van der Waals surface area contributed by atoms with Gasteiger partial charge in [-0.1, -0.05) is 31.0 Å². The number of halogens is 1. The molecule has 1 N–H and O–H groups in total. The van der Waals surface area contributed by atoms with Gasteiger partial charge in [0.15, 0.2) is 6.29 Å². The molecule has 1 unspecified atom stereocenters. The number of carbonyl (C=O) groups is 1. The lowest BCUT2D eigenvalue weighted by Crippen LogP contribution is -2.52. The summed E-state index contributed by atoms with van der Waals surface area (Å²) in [6.45, 7) is 7.65. The highest BCUT2D eigenvalue weighted by Gasteiger charge is 2.46. The van der Waals surface area contributed by atoms with Crippen molar-refractivity contribution in [2.45, 2.75) is 88.2 Å². The standard InChI is InChI=1S/C39H54ClN3O5S/c1-25-8-6-10-33(38-46-21-31(22-47-38)42(3)4)32-14-11-29(32)20-43-23-39(17-7-9-27-18-30(40)13-15-34(27)39)24-48-36-16-12-28(19-35(36)43)37(44)41-49(5,45)26(25)2/h12-13,15-16,18-19,25-26,29,31-33,38H,5-11,14,17,20-24H2,1-4H3,(H,41,44,45)/t25-,26+,29-,31?,32+,33+,38?,39-,49?/m0/s1. The van der Waals surface area contributed by atoms with Crippen LogP contribution < -0.4 is 14.4 Å². The molecule has 3 heterocycles. The highest BCUT2D eigenvalue weighted by Crippen LogP contribution is 2.49. The van der Waals surface area contributed by atoms with Gasteiger partial charge >= 0.3 is 0 Å². The predicted octanol–water partition coefficient (Wildman–Crippen LogP) is 6.33. The summed E-state index contributed by atoms with van der Waals surface area (Å²) in [5.74, 6) is 5.83. The largest absolute Gasteiger partial charge is 0.490 e. The molecule has 5 aliphatic rings. The number of nitrogens with one attached hydrogen (secondary N) is 1. The average molecular weight is 712 g/mol. The maximum atomic E-state index is 13.9. The number of nitrogens with zero attached hydrogens (tertiary/aromatic N) is 2. The van der Waals surface area contributed by atoms with Crippen molar-refractivity contribution in [3.63, 3.8) is 0 Å². The fourth-order valence-electron chi connectivity index (χ4n) is 9.12. The Morgan fingerprint density at radius 3 is 2.55 bits per heavy atom.